The van der Waals surface area contributed by atoms with Crippen LogP contribution in [0, 0.1) is 6.92 Å². The molecule has 0 fully saturated rings. The summed E-state index contributed by atoms with van der Waals surface area (Å²) >= 11 is 0. The Bertz CT molecular complexity index is 755. The Hall–Kier alpha value is -1.64. The number of benzene rings is 1. The van der Waals surface area contributed by atoms with Gasteiger partial charge in [0.25, 0.3) is 0 Å². The van der Waals surface area contributed by atoms with Gasteiger partial charge in [0.15, 0.2) is 11.8 Å². The maximum atomic E-state index is 4.72. The summed E-state index contributed by atoms with van der Waals surface area (Å²) in [7, 11) is 0. The maximum Gasteiger partial charge on any atom is 0.191 e. The van der Waals surface area contributed by atoms with E-state index in [1.807, 2.05) is 0 Å². The van der Waals surface area contributed by atoms with Crippen LogP contribution in [0.15, 0.2) is 29.3 Å². The van der Waals surface area contributed by atoms with Gasteiger partial charge in [0.2, 0.25) is 0 Å². The number of hydrogen-bond donors (Lipinski definition) is 2. The van der Waals surface area contributed by atoms with E-state index in [4.69, 9.17) is 4.99 Å². The van der Waals surface area contributed by atoms with Crippen LogP contribution in [0.4, 0.5) is 0 Å². The highest BCUT2D eigenvalue weighted by molar-refractivity contribution is 14.0. The summed E-state index contributed by atoms with van der Waals surface area (Å²) in [6.45, 7) is 9.70. The van der Waals surface area contributed by atoms with Crippen molar-refractivity contribution in [2.75, 3.05) is 13.1 Å². The van der Waals surface area contributed by atoms with Gasteiger partial charge in [-0.1, -0.05) is 36.8 Å². The van der Waals surface area contributed by atoms with Gasteiger partial charge in [-0.05, 0) is 38.2 Å². The van der Waals surface area contributed by atoms with Crippen LogP contribution in [0.25, 0.3) is 0 Å². The molecule has 1 aliphatic rings. The fourth-order valence-electron chi connectivity index (χ4n) is 3.32. The Morgan fingerprint density at radius 1 is 1.26 bits per heavy atom. The number of nitrogens with zero attached hydrogens (tertiary/aromatic N) is 4. The topological polar surface area (TPSA) is 67.1 Å². The standard InChI is InChI=1S/C20H30N6.HI/c1-4-21-20(22-13-16(3)17-9-7-8-15(2)12-17)23-14-19-25-24-18-10-5-6-11-26(18)19;/h7-9,12,16H,4-6,10-11,13-14H2,1-3H3,(H2,21,22,23);1H. The Labute approximate surface area is 179 Å². The Morgan fingerprint density at radius 2 is 2.11 bits per heavy atom. The van der Waals surface area contributed by atoms with Gasteiger partial charge in [-0.2, -0.15) is 0 Å². The third-order valence-electron chi connectivity index (χ3n) is 4.85. The zero-order valence-corrected chi connectivity index (χ0v) is 18.9. The first-order valence-electron chi connectivity index (χ1n) is 9.67. The molecule has 0 spiro atoms. The Morgan fingerprint density at radius 3 is 2.89 bits per heavy atom. The van der Waals surface area contributed by atoms with E-state index in [0.29, 0.717) is 12.5 Å². The molecule has 6 nitrogen and oxygen atoms in total. The molecular formula is C20H31IN6. The van der Waals surface area contributed by atoms with Crippen LogP contribution < -0.4 is 10.6 Å². The molecule has 0 radical (unpaired) electrons. The van der Waals surface area contributed by atoms with Crippen LogP contribution in [0.1, 0.15) is 55.4 Å². The van der Waals surface area contributed by atoms with Crippen molar-refractivity contribution >= 4 is 29.9 Å². The molecule has 1 atom stereocenters. The van der Waals surface area contributed by atoms with E-state index in [2.05, 4.69) is 70.4 Å². The molecule has 0 saturated heterocycles. The van der Waals surface area contributed by atoms with Crippen molar-refractivity contribution in [3.8, 4) is 0 Å². The van der Waals surface area contributed by atoms with E-state index in [1.165, 1.54) is 24.0 Å². The van der Waals surface area contributed by atoms with Gasteiger partial charge in [0.1, 0.15) is 12.4 Å². The number of hydrogen-bond acceptors (Lipinski definition) is 3. The fourth-order valence-corrected chi connectivity index (χ4v) is 3.32. The van der Waals surface area contributed by atoms with Gasteiger partial charge in [-0.15, -0.1) is 34.2 Å². The first kappa shape index (κ1) is 21.7. The van der Waals surface area contributed by atoms with Crippen LogP contribution in [0.3, 0.4) is 0 Å². The molecule has 3 rings (SSSR count). The lowest BCUT2D eigenvalue weighted by molar-refractivity contribution is 0.508. The van der Waals surface area contributed by atoms with Gasteiger partial charge in [0, 0.05) is 26.1 Å². The highest BCUT2D eigenvalue weighted by atomic mass is 127. The summed E-state index contributed by atoms with van der Waals surface area (Å²) < 4.78 is 2.23. The monoisotopic (exact) mass is 482 g/mol. The van der Waals surface area contributed by atoms with Gasteiger partial charge in [-0.25, -0.2) is 4.99 Å². The highest BCUT2D eigenvalue weighted by Gasteiger charge is 2.15. The molecule has 1 unspecified atom stereocenters. The average molecular weight is 482 g/mol. The maximum absolute atomic E-state index is 4.72. The van der Waals surface area contributed by atoms with Crippen molar-refractivity contribution < 1.29 is 0 Å². The third-order valence-corrected chi connectivity index (χ3v) is 4.85. The fraction of sp³-hybridized carbons (Fsp3) is 0.550. The van der Waals surface area contributed by atoms with Crippen LogP contribution in [-0.4, -0.2) is 33.8 Å². The normalized spacial score (nSPS) is 14.9. The number of aryl methyl sites for hydroxylation is 2. The number of rotatable bonds is 6. The molecule has 0 bridgehead atoms. The van der Waals surface area contributed by atoms with E-state index in [9.17, 15) is 0 Å². The average Bonchev–Trinajstić information content (AvgIpc) is 3.07. The minimum absolute atomic E-state index is 0. The predicted molar refractivity (Wildman–Crippen MR) is 121 cm³/mol. The van der Waals surface area contributed by atoms with Crippen molar-refractivity contribution in [2.45, 2.75) is 59.0 Å². The molecule has 148 valence electrons. The van der Waals surface area contributed by atoms with Crippen molar-refractivity contribution in [2.24, 2.45) is 4.99 Å². The summed E-state index contributed by atoms with van der Waals surface area (Å²) in [5, 5.41) is 15.4. The molecule has 1 aliphatic heterocycles. The lowest BCUT2D eigenvalue weighted by Crippen LogP contribution is -2.39. The van der Waals surface area contributed by atoms with Crippen LogP contribution >= 0.6 is 24.0 Å². The molecule has 1 aromatic carbocycles. The Balaban J connectivity index is 0.00000261. The molecule has 2 aromatic rings. The Kier molecular flexibility index (Phi) is 8.53. The van der Waals surface area contributed by atoms with Crippen molar-refractivity contribution in [3.05, 3.63) is 47.0 Å². The molecule has 0 saturated carbocycles. The number of halogens is 1. The number of aliphatic imine (C=N–C) groups is 1. The molecule has 0 amide bonds. The van der Waals surface area contributed by atoms with Crippen LogP contribution in [0.2, 0.25) is 0 Å². The molecular weight excluding hydrogens is 451 g/mol. The van der Waals surface area contributed by atoms with Gasteiger partial charge in [0.05, 0.1) is 0 Å². The quantitative estimate of drug-likeness (QED) is 0.377. The lowest BCUT2D eigenvalue weighted by atomic mass is 9.99. The smallest absolute Gasteiger partial charge is 0.191 e. The van der Waals surface area contributed by atoms with E-state index >= 15 is 0 Å². The molecule has 2 N–H and O–H groups in total. The first-order chi connectivity index (χ1) is 12.7. The second kappa shape index (κ2) is 10.6. The molecule has 1 aromatic heterocycles. The molecule has 0 aliphatic carbocycles. The number of nitrogens with one attached hydrogen (secondary N) is 2. The summed E-state index contributed by atoms with van der Waals surface area (Å²) in [6.07, 6.45) is 3.44. The van der Waals surface area contributed by atoms with Gasteiger partial charge in [-0.3, -0.25) is 0 Å². The minimum Gasteiger partial charge on any atom is -0.357 e. The second-order valence-corrected chi connectivity index (χ2v) is 7.03. The van der Waals surface area contributed by atoms with Crippen LogP contribution in [-0.2, 0) is 19.5 Å². The van der Waals surface area contributed by atoms with Crippen LogP contribution in [0.5, 0.6) is 0 Å². The first-order valence-corrected chi connectivity index (χ1v) is 9.67. The van der Waals surface area contributed by atoms with E-state index < -0.39 is 0 Å². The van der Waals surface area contributed by atoms with E-state index in [-0.39, 0.29) is 24.0 Å². The minimum atomic E-state index is 0. The van der Waals surface area contributed by atoms with Gasteiger partial charge >= 0.3 is 0 Å². The highest BCUT2D eigenvalue weighted by Crippen LogP contribution is 2.16. The summed E-state index contributed by atoms with van der Waals surface area (Å²) in [4.78, 5) is 4.72. The summed E-state index contributed by atoms with van der Waals surface area (Å²) in [5.41, 5.74) is 2.64. The van der Waals surface area contributed by atoms with Gasteiger partial charge < -0.3 is 15.2 Å². The largest absolute Gasteiger partial charge is 0.357 e. The van der Waals surface area contributed by atoms with Crippen molar-refractivity contribution in [1.29, 1.82) is 0 Å². The second-order valence-electron chi connectivity index (χ2n) is 7.03. The van der Waals surface area contributed by atoms with E-state index in [0.717, 1.165) is 43.7 Å². The SMILES string of the molecule is CCNC(=NCc1nnc2n1CCCC2)NCC(C)c1cccc(C)c1.I. The summed E-state index contributed by atoms with van der Waals surface area (Å²) in [6, 6.07) is 8.69. The number of fused-ring (bicyclic) bond motifs is 1. The lowest BCUT2D eigenvalue weighted by Gasteiger charge is -2.17. The summed E-state index contributed by atoms with van der Waals surface area (Å²) in [5.74, 6) is 3.32. The molecule has 27 heavy (non-hydrogen) atoms. The number of aromatic nitrogens is 3. The predicted octanol–water partition coefficient (Wildman–Crippen LogP) is 3.40. The zero-order chi connectivity index (χ0) is 18.4. The van der Waals surface area contributed by atoms with Crippen molar-refractivity contribution in [3.63, 3.8) is 0 Å². The van der Waals surface area contributed by atoms with Crippen molar-refractivity contribution in [1.82, 2.24) is 25.4 Å². The number of guanidine groups is 1. The molecule has 2 heterocycles. The third kappa shape index (κ3) is 5.92. The molecule has 7 heteroatoms. The van der Waals surface area contributed by atoms with E-state index in [1.54, 1.807) is 0 Å². The zero-order valence-electron chi connectivity index (χ0n) is 16.5.